The summed E-state index contributed by atoms with van der Waals surface area (Å²) in [6, 6.07) is 15.7. The van der Waals surface area contributed by atoms with Gasteiger partial charge in [-0.3, -0.25) is 0 Å². The molecule has 1 fully saturated rings. The van der Waals surface area contributed by atoms with Crippen LogP contribution in [0.15, 0.2) is 60.2 Å². The molecule has 1 aliphatic heterocycles. The van der Waals surface area contributed by atoms with Crippen molar-refractivity contribution in [3.63, 3.8) is 0 Å². The van der Waals surface area contributed by atoms with Gasteiger partial charge >= 0.3 is 5.97 Å². The minimum absolute atomic E-state index is 0.278. The van der Waals surface area contributed by atoms with Crippen molar-refractivity contribution in [2.45, 2.75) is 39.2 Å². The summed E-state index contributed by atoms with van der Waals surface area (Å²) in [5, 5.41) is 9.67. The summed E-state index contributed by atoms with van der Waals surface area (Å²) in [6.45, 7) is 5.57. The molecular weight excluding hydrogens is 380 g/mol. The first-order valence-electron chi connectivity index (χ1n) is 9.92. The molecule has 1 N–H and O–H groups in total. The third-order valence-electron chi connectivity index (χ3n) is 4.62. The number of ether oxygens (including phenoxy) is 1. The van der Waals surface area contributed by atoms with E-state index in [9.17, 15) is 9.90 Å². The van der Waals surface area contributed by atoms with Crippen molar-refractivity contribution in [2.24, 2.45) is 0 Å². The number of rotatable bonds is 4. The monoisotopic (exact) mass is 408 g/mol. The third kappa shape index (κ3) is 6.26. The maximum Gasteiger partial charge on any atom is 0.331 e. The van der Waals surface area contributed by atoms with E-state index in [4.69, 9.17) is 4.74 Å². The first-order chi connectivity index (χ1) is 13.8. The predicted molar refractivity (Wildman–Crippen MR) is 122 cm³/mol. The smallest absolute Gasteiger partial charge is 0.331 e. The van der Waals surface area contributed by atoms with Gasteiger partial charge in [-0.25, -0.2) is 4.79 Å². The average Bonchev–Trinajstić information content (AvgIpc) is 2.69. The molecule has 0 aromatic heterocycles. The van der Waals surface area contributed by atoms with Crippen LogP contribution in [0.5, 0.6) is 5.75 Å². The first kappa shape index (κ1) is 21.3. The Morgan fingerprint density at radius 1 is 0.966 bits per heavy atom. The number of aromatic hydroxyl groups is 1. The molecule has 0 spiro atoms. The molecule has 0 unspecified atom stereocenters. The van der Waals surface area contributed by atoms with Gasteiger partial charge in [0.1, 0.15) is 11.4 Å². The standard InChI is InChI=1S/C25H28O3S/c1-25(2,3)28-23(27)13-6-18-4-7-19(8-5-18)24(21-14-16-29-17-15-21)20-9-11-22(26)12-10-20/h4-13,26H,14-17H2,1-3H3. The predicted octanol–water partition coefficient (Wildman–Crippen LogP) is 6.08. The highest BCUT2D eigenvalue weighted by molar-refractivity contribution is 7.99. The second kappa shape index (κ2) is 9.36. The van der Waals surface area contributed by atoms with Crippen molar-refractivity contribution in [3.05, 3.63) is 76.9 Å². The van der Waals surface area contributed by atoms with Gasteiger partial charge in [0.25, 0.3) is 0 Å². The van der Waals surface area contributed by atoms with Gasteiger partial charge in [0, 0.05) is 6.08 Å². The Balaban J connectivity index is 1.86. The lowest BCUT2D eigenvalue weighted by Crippen LogP contribution is -2.22. The number of allylic oxidation sites excluding steroid dienone is 1. The van der Waals surface area contributed by atoms with Gasteiger partial charge < -0.3 is 9.84 Å². The van der Waals surface area contributed by atoms with E-state index in [2.05, 4.69) is 12.1 Å². The van der Waals surface area contributed by atoms with Crippen LogP contribution in [0.1, 0.15) is 50.3 Å². The Hall–Kier alpha value is -2.46. The molecule has 0 atom stereocenters. The highest BCUT2D eigenvalue weighted by atomic mass is 32.2. The number of phenols is 1. The molecule has 0 radical (unpaired) electrons. The molecule has 29 heavy (non-hydrogen) atoms. The van der Waals surface area contributed by atoms with E-state index in [1.807, 2.05) is 56.8 Å². The third-order valence-corrected chi connectivity index (χ3v) is 5.61. The van der Waals surface area contributed by atoms with E-state index in [1.165, 1.54) is 17.2 Å². The molecule has 0 bridgehead atoms. The molecule has 1 saturated heterocycles. The average molecular weight is 409 g/mol. The zero-order valence-corrected chi connectivity index (χ0v) is 18.1. The number of carbonyl (C=O) groups is 1. The van der Waals surface area contributed by atoms with Crippen LogP contribution in [0.3, 0.4) is 0 Å². The highest BCUT2D eigenvalue weighted by Gasteiger charge is 2.16. The van der Waals surface area contributed by atoms with Gasteiger partial charge in [0.15, 0.2) is 0 Å². The Morgan fingerprint density at radius 2 is 1.52 bits per heavy atom. The van der Waals surface area contributed by atoms with Crippen LogP contribution in [0, 0.1) is 0 Å². The van der Waals surface area contributed by atoms with E-state index in [-0.39, 0.29) is 11.7 Å². The zero-order valence-electron chi connectivity index (χ0n) is 17.3. The Kier molecular flexibility index (Phi) is 6.86. The molecule has 1 aliphatic rings. The molecule has 0 saturated carbocycles. The van der Waals surface area contributed by atoms with Gasteiger partial charge in [-0.05, 0) is 85.6 Å². The second-order valence-corrected chi connectivity index (χ2v) is 9.35. The van der Waals surface area contributed by atoms with E-state index < -0.39 is 5.60 Å². The van der Waals surface area contributed by atoms with Crippen LogP contribution >= 0.6 is 11.8 Å². The van der Waals surface area contributed by atoms with Crippen molar-refractivity contribution in [1.29, 1.82) is 0 Å². The Labute approximate surface area is 177 Å². The summed E-state index contributed by atoms with van der Waals surface area (Å²) in [6.07, 6.45) is 5.42. The van der Waals surface area contributed by atoms with Gasteiger partial charge in [-0.2, -0.15) is 11.8 Å². The van der Waals surface area contributed by atoms with Crippen LogP contribution in [0.2, 0.25) is 0 Å². The van der Waals surface area contributed by atoms with Crippen molar-refractivity contribution < 1.29 is 14.6 Å². The number of hydrogen-bond acceptors (Lipinski definition) is 4. The molecule has 152 valence electrons. The van der Waals surface area contributed by atoms with Crippen molar-refractivity contribution in [2.75, 3.05) is 11.5 Å². The topological polar surface area (TPSA) is 46.5 Å². The number of carbonyl (C=O) groups excluding carboxylic acids is 1. The van der Waals surface area contributed by atoms with E-state index in [0.717, 1.165) is 41.0 Å². The lowest BCUT2D eigenvalue weighted by atomic mass is 9.90. The minimum Gasteiger partial charge on any atom is -0.508 e. The molecule has 1 heterocycles. The fourth-order valence-electron chi connectivity index (χ4n) is 3.33. The fourth-order valence-corrected chi connectivity index (χ4v) is 4.32. The quantitative estimate of drug-likeness (QED) is 0.492. The molecule has 3 nitrogen and oxygen atoms in total. The van der Waals surface area contributed by atoms with Gasteiger partial charge in [-0.15, -0.1) is 0 Å². The van der Waals surface area contributed by atoms with Crippen molar-refractivity contribution in [1.82, 2.24) is 0 Å². The lowest BCUT2D eigenvalue weighted by molar-refractivity contribution is -0.148. The molecule has 2 aromatic carbocycles. The SMILES string of the molecule is CC(C)(C)OC(=O)C=Cc1ccc(C(=C2CCSCC2)c2ccc(O)cc2)cc1. The molecule has 0 amide bonds. The van der Waals surface area contributed by atoms with Gasteiger partial charge in [0.05, 0.1) is 0 Å². The first-order valence-corrected chi connectivity index (χ1v) is 11.1. The number of thioether (sulfide) groups is 1. The van der Waals surface area contributed by atoms with Crippen LogP contribution < -0.4 is 0 Å². The maximum atomic E-state index is 11.9. The summed E-state index contributed by atoms with van der Waals surface area (Å²) < 4.78 is 5.31. The van der Waals surface area contributed by atoms with Crippen molar-refractivity contribution in [3.8, 4) is 5.75 Å². The van der Waals surface area contributed by atoms with Crippen LogP contribution in [0.4, 0.5) is 0 Å². The lowest BCUT2D eigenvalue weighted by Gasteiger charge is -2.20. The molecule has 3 rings (SSSR count). The van der Waals surface area contributed by atoms with E-state index in [1.54, 1.807) is 18.2 Å². The largest absolute Gasteiger partial charge is 0.508 e. The molecule has 0 aliphatic carbocycles. The maximum absolute atomic E-state index is 11.9. The number of esters is 1. The van der Waals surface area contributed by atoms with Gasteiger partial charge in [0.2, 0.25) is 0 Å². The highest BCUT2D eigenvalue weighted by Crippen LogP contribution is 2.35. The molecule has 2 aromatic rings. The van der Waals surface area contributed by atoms with E-state index >= 15 is 0 Å². The number of benzene rings is 2. The van der Waals surface area contributed by atoms with Crippen LogP contribution in [0.25, 0.3) is 11.6 Å². The van der Waals surface area contributed by atoms with Gasteiger partial charge in [-0.1, -0.05) is 42.0 Å². The summed E-state index contributed by atoms with van der Waals surface area (Å²) in [5.74, 6) is 2.23. The number of phenolic OH excluding ortho intramolecular Hbond substituents is 1. The Bertz CT molecular complexity index is 893. The summed E-state index contributed by atoms with van der Waals surface area (Å²) in [5.41, 5.74) is 5.47. The summed E-state index contributed by atoms with van der Waals surface area (Å²) >= 11 is 2.00. The zero-order chi connectivity index (χ0) is 20.9. The van der Waals surface area contributed by atoms with Crippen LogP contribution in [-0.4, -0.2) is 28.2 Å². The fraction of sp³-hybridized carbons (Fsp3) is 0.320. The van der Waals surface area contributed by atoms with E-state index in [0.29, 0.717) is 0 Å². The summed E-state index contributed by atoms with van der Waals surface area (Å²) in [4.78, 5) is 11.9. The van der Waals surface area contributed by atoms with Crippen LogP contribution in [-0.2, 0) is 9.53 Å². The normalized spacial score (nSPS) is 14.8. The molecular formula is C25H28O3S. The molecule has 4 heteroatoms. The number of hydrogen-bond donors (Lipinski definition) is 1. The second-order valence-electron chi connectivity index (χ2n) is 8.13. The Morgan fingerprint density at radius 3 is 2.07 bits per heavy atom. The van der Waals surface area contributed by atoms with Crippen molar-refractivity contribution >= 4 is 29.4 Å². The minimum atomic E-state index is -0.491. The summed E-state index contributed by atoms with van der Waals surface area (Å²) in [7, 11) is 0.